The monoisotopic (exact) mass is 318 g/mol. The molecule has 6 nitrogen and oxygen atoms in total. The highest BCUT2D eigenvalue weighted by atomic mass is 16.4. The Hall–Kier alpha value is -3.41. The third-order valence-electron chi connectivity index (χ3n) is 3.97. The minimum absolute atomic E-state index is 0.0608. The van der Waals surface area contributed by atoms with Crippen LogP contribution in [-0.4, -0.2) is 19.9 Å². The number of pyridine rings is 1. The molecule has 3 heterocycles. The van der Waals surface area contributed by atoms with Gasteiger partial charge in [-0.1, -0.05) is 36.4 Å². The molecule has 0 aliphatic carbocycles. The molecule has 1 aromatic carbocycles. The predicted molar refractivity (Wildman–Crippen MR) is 86.8 cm³/mol. The van der Waals surface area contributed by atoms with Gasteiger partial charge in [-0.25, -0.2) is 4.98 Å². The van der Waals surface area contributed by atoms with E-state index in [9.17, 15) is 14.7 Å². The van der Waals surface area contributed by atoms with Crippen LogP contribution >= 0.6 is 0 Å². The molecule has 0 radical (unpaired) electrons. The third-order valence-corrected chi connectivity index (χ3v) is 3.97. The first-order valence-electron chi connectivity index (χ1n) is 7.41. The van der Waals surface area contributed by atoms with Crippen LogP contribution in [0.3, 0.4) is 0 Å². The van der Waals surface area contributed by atoms with Crippen LogP contribution in [0.15, 0.2) is 65.6 Å². The highest BCUT2D eigenvalue weighted by Crippen LogP contribution is 2.18. The summed E-state index contributed by atoms with van der Waals surface area (Å²) in [7, 11) is 0. The van der Waals surface area contributed by atoms with Gasteiger partial charge in [-0.2, -0.15) is 0 Å². The van der Waals surface area contributed by atoms with Crippen LogP contribution in [-0.2, 0) is 6.54 Å². The van der Waals surface area contributed by atoms with Gasteiger partial charge in [0.2, 0.25) is 0 Å². The number of nitrogens with zero attached hydrogens (tertiary/aromatic N) is 3. The van der Waals surface area contributed by atoms with Crippen molar-refractivity contribution in [1.82, 2.24) is 14.0 Å². The summed E-state index contributed by atoms with van der Waals surface area (Å²) in [5, 5.41) is 11.8. The summed E-state index contributed by atoms with van der Waals surface area (Å²) >= 11 is 0. The highest BCUT2D eigenvalue weighted by Gasteiger charge is 2.15. The fraction of sp³-hybridized carbons (Fsp3) is 0.0556. The summed E-state index contributed by atoms with van der Waals surface area (Å²) in [4.78, 5) is 28.6. The molecule has 0 spiro atoms. The maximum Gasteiger partial charge on any atom is 0.267 e. The second kappa shape index (κ2) is 5.34. The summed E-state index contributed by atoms with van der Waals surface area (Å²) in [5.41, 5.74) is 1.35. The number of carboxylic acid groups (broad SMARTS) is 1. The van der Waals surface area contributed by atoms with Gasteiger partial charge in [0.25, 0.3) is 5.56 Å². The van der Waals surface area contributed by atoms with Crippen molar-refractivity contribution in [1.29, 1.82) is 0 Å². The zero-order valence-electron chi connectivity index (χ0n) is 12.5. The van der Waals surface area contributed by atoms with E-state index in [4.69, 9.17) is 0 Å². The molecule has 4 aromatic rings. The molecule has 24 heavy (non-hydrogen) atoms. The van der Waals surface area contributed by atoms with Crippen molar-refractivity contribution in [2.24, 2.45) is 0 Å². The minimum Gasteiger partial charge on any atom is -0.543 e. The SMILES string of the molecule is O=C([O-])c1cc2c(=O)n3ccccc3nc2n1Cc1ccccc1. The lowest BCUT2D eigenvalue weighted by Gasteiger charge is -2.11. The van der Waals surface area contributed by atoms with Crippen molar-refractivity contribution in [3.8, 4) is 0 Å². The first-order chi connectivity index (χ1) is 11.6. The van der Waals surface area contributed by atoms with Crippen molar-refractivity contribution in [3.05, 3.63) is 82.4 Å². The standard InChI is InChI=1S/C18H13N3O3/c22-17-13-10-14(18(23)24)21(11-12-6-2-1-3-7-12)16(13)19-15-8-4-5-9-20(15)17/h1-10H,11H2,(H,23,24)/p-1. The molecule has 0 unspecified atom stereocenters. The number of rotatable bonds is 3. The van der Waals surface area contributed by atoms with Gasteiger partial charge in [-0.3, -0.25) is 9.20 Å². The van der Waals surface area contributed by atoms with Crippen LogP contribution in [0.4, 0.5) is 0 Å². The zero-order valence-corrected chi connectivity index (χ0v) is 12.5. The smallest absolute Gasteiger partial charge is 0.267 e. The fourth-order valence-corrected chi connectivity index (χ4v) is 2.85. The Labute approximate surface area is 136 Å². The number of aromatic nitrogens is 3. The number of benzene rings is 1. The molecule has 0 N–H and O–H groups in total. The molecular weight excluding hydrogens is 306 g/mol. The fourth-order valence-electron chi connectivity index (χ4n) is 2.85. The Morgan fingerprint density at radius 2 is 1.83 bits per heavy atom. The van der Waals surface area contributed by atoms with Crippen LogP contribution in [0.2, 0.25) is 0 Å². The molecule has 0 saturated carbocycles. The van der Waals surface area contributed by atoms with Crippen LogP contribution < -0.4 is 10.7 Å². The number of hydrogen-bond donors (Lipinski definition) is 0. The van der Waals surface area contributed by atoms with Gasteiger partial charge >= 0.3 is 0 Å². The first kappa shape index (κ1) is 14.2. The maximum absolute atomic E-state index is 12.6. The number of fused-ring (bicyclic) bond motifs is 2. The van der Waals surface area contributed by atoms with Crippen molar-refractivity contribution in [2.45, 2.75) is 6.54 Å². The van der Waals surface area contributed by atoms with E-state index in [1.54, 1.807) is 24.4 Å². The summed E-state index contributed by atoms with van der Waals surface area (Å²) in [6.07, 6.45) is 1.61. The molecular formula is C18H12N3O3-. The lowest BCUT2D eigenvalue weighted by Crippen LogP contribution is -2.25. The van der Waals surface area contributed by atoms with Crippen molar-refractivity contribution in [2.75, 3.05) is 0 Å². The predicted octanol–water partition coefficient (Wildman–Crippen LogP) is 1.06. The van der Waals surface area contributed by atoms with E-state index in [1.165, 1.54) is 15.0 Å². The van der Waals surface area contributed by atoms with Gasteiger partial charge in [0, 0.05) is 12.7 Å². The molecule has 0 amide bonds. The van der Waals surface area contributed by atoms with Crippen LogP contribution in [0.5, 0.6) is 0 Å². The molecule has 0 bridgehead atoms. The quantitative estimate of drug-likeness (QED) is 0.566. The number of carbonyl (C=O) groups excluding carboxylic acids is 1. The Balaban J connectivity index is 2.04. The summed E-state index contributed by atoms with van der Waals surface area (Å²) < 4.78 is 2.91. The Morgan fingerprint density at radius 1 is 1.08 bits per heavy atom. The summed E-state index contributed by atoms with van der Waals surface area (Å²) in [6, 6.07) is 15.9. The second-order valence-corrected chi connectivity index (χ2v) is 5.47. The number of aromatic carboxylic acids is 1. The Kier molecular flexibility index (Phi) is 3.16. The van der Waals surface area contributed by atoms with E-state index >= 15 is 0 Å². The van der Waals surface area contributed by atoms with Gasteiger partial charge in [-0.05, 0) is 23.8 Å². The van der Waals surface area contributed by atoms with E-state index in [-0.39, 0.29) is 16.6 Å². The average Bonchev–Trinajstić information content (AvgIpc) is 2.95. The Bertz CT molecular complexity index is 1130. The molecule has 0 saturated heterocycles. The molecule has 4 rings (SSSR count). The van der Waals surface area contributed by atoms with Gasteiger partial charge in [0.1, 0.15) is 11.3 Å². The van der Waals surface area contributed by atoms with E-state index in [0.717, 1.165) is 5.56 Å². The van der Waals surface area contributed by atoms with Crippen LogP contribution in [0, 0.1) is 0 Å². The highest BCUT2D eigenvalue weighted by molar-refractivity contribution is 5.92. The van der Waals surface area contributed by atoms with Gasteiger partial charge < -0.3 is 14.5 Å². The largest absolute Gasteiger partial charge is 0.543 e. The van der Waals surface area contributed by atoms with Gasteiger partial charge in [0.05, 0.1) is 17.0 Å². The average molecular weight is 318 g/mol. The van der Waals surface area contributed by atoms with E-state index < -0.39 is 5.97 Å². The minimum atomic E-state index is -1.34. The Morgan fingerprint density at radius 3 is 2.58 bits per heavy atom. The summed E-state index contributed by atoms with van der Waals surface area (Å²) in [6.45, 7) is 0.295. The van der Waals surface area contributed by atoms with Gasteiger partial charge in [-0.15, -0.1) is 0 Å². The molecule has 0 fully saturated rings. The van der Waals surface area contributed by atoms with Crippen molar-refractivity contribution < 1.29 is 9.90 Å². The summed E-state index contributed by atoms with van der Waals surface area (Å²) in [5.74, 6) is -1.34. The lowest BCUT2D eigenvalue weighted by molar-refractivity contribution is -0.255. The number of hydrogen-bond acceptors (Lipinski definition) is 4. The van der Waals surface area contributed by atoms with Crippen molar-refractivity contribution >= 4 is 22.6 Å². The number of carbonyl (C=O) groups is 1. The third kappa shape index (κ3) is 2.16. The molecule has 0 aliphatic heterocycles. The normalized spacial score (nSPS) is 11.2. The van der Waals surface area contributed by atoms with Crippen LogP contribution in [0.25, 0.3) is 16.7 Å². The topological polar surface area (TPSA) is 79.4 Å². The molecule has 0 atom stereocenters. The molecule has 0 aliphatic rings. The van der Waals surface area contributed by atoms with Crippen LogP contribution in [0.1, 0.15) is 16.1 Å². The second-order valence-electron chi connectivity index (χ2n) is 5.47. The molecule has 3 aromatic heterocycles. The molecule has 118 valence electrons. The van der Waals surface area contributed by atoms with E-state index in [1.807, 2.05) is 30.3 Å². The number of carboxylic acids is 1. The first-order valence-corrected chi connectivity index (χ1v) is 7.41. The van der Waals surface area contributed by atoms with E-state index in [2.05, 4.69) is 4.98 Å². The lowest BCUT2D eigenvalue weighted by atomic mass is 10.2. The van der Waals surface area contributed by atoms with Gasteiger partial charge in [0.15, 0.2) is 0 Å². The maximum atomic E-state index is 12.6. The molecule has 6 heteroatoms. The van der Waals surface area contributed by atoms with E-state index in [0.29, 0.717) is 17.8 Å². The zero-order chi connectivity index (χ0) is 16.7. The van der Waals surface area contributed by atoms with Crippen molar-refractivity contribution in [3.63, 3.8) is 0 Å².